The maximum absolute atomic E-state index is 12.0. The first-order valence-corrected chi connectivity index (χ1v) is 6.40. The van der Waals surface area contributed by atoms with Crippen LogP contribution in [-0.4, -0.2) is 35.5 Å². The van der Waals surface area contributed by atoms with Gasteiger partial charge in [-0.05, 0) is 25.7 Å². The summed E-state index contributed by atoms with van der Waals surface area (Å²) in [6, 6.07) is -0.499. The minimum Gasteiger partial charge on any atom is -0.481 e. The lowest BCUT2D eigenvalue weighted by Crippen LogP contribution is -2.52. The van der Waals surface area contributed by atoms with Gasteiger partial charge in [0.2, 0.25) is 11.8 Å². The molecule has 1 aliphatic heterocycles. The van der Waals surface area contributed by atoms with Crippen molar-refractivity contribution in [1.29, 1.82) is 0 Å². The fourth-order valence-corrected chi connectivity index (χ4v) is 2.76. The van der Waals surface area contributed by atoms with Crippen molar-refractivity contribution in [2.75, 3.05) is 6.54 Å². The van der Waals surface area contributed by atoms with E-state index >= 15 is 0 Å². The highest BCUT2D eigenvalue weighted by molar-refractivity contribution is 5.91. The average Bonchev–Trinajstić information content (AvgIpc) is 2.81. The molecule has 2 amide bonds. The lowest BCUT2D eigenvalue weighted by molar-refractivity contribution is -0.146. The number of aliphatic carboxylic acids is 1. The van der Waals surface area contributed by atoms with E-state index in [4.69, 9.17) is 5.11 Å². The molecule has 18 heavy (non-hydrogen) atoms. The number of carboxylic acids is 1. The molecule has 1 saturated heterocycles. The second-order valence-electron chi connectivity index (χ2n) is 4.98. The second-order valence-corrected chi connectivity index (χ2v) is 4.98. The molecule has 3 unspecified atom stereocenters. The number of rotatable bonds is 3. The number of piperidine rings is 1. The molecule has 0 spiro atoms. The van der Waals surface area contributed by atoms with Crippen LogP contribution in [0.3, 0.4) is 0 Å². The van der Waals surface area contributed by atoms with Crippen LogP contribution in [-0.2, 0) is 14.4 Å². The molecule has 100 valence electrons. The second kappa shape index (κ2) is 5.37. The molecule has 0 radical (unpaired) electrons. The quantitative estimate of drug-likeness (QED) is 0.654. The van der Waals surface area contributed by atoms with E-state index in [1.807, 2.05) is 0 Å². The number of carbonyl (C=O) groups is 3. The topological polar surface area (TPSA) is 95.5 Å². The fourth-order valence-electron chi connectivity index (χ4n) is 2.76. The number of nitrogens with one attached hydrogen (secondary N) is 2. The summed E-state index contributed by atoms with van der Waals surface area (Å²) in [5.74, 6) is -2.46. The molecular formula is C12H18N2O4. The lowest BCUT2D eigenvalue weighted by atomic mass is 9.94. The number of hydrogen-bond acceptors (Lipinski definition) is 3. The molecule has 3 atom stereocenters. The third-order valence-corrected chi connectivity index (χ3v) is 3.77. The van der Waals surface area contributed by atoms with Gasteiger partial charge >= 0.3 is 5.97 Å². The summed E-state index contributed by atoms with van der Waals surface area (Å²) in [5, 5.41) is 14.4. The summed E-state index contributed by atoms with van der Waals surface area (Å²) < 4.78 is 0. The third-order valence-electron chi connectivity index (χ3n) is 3.77. The van der Waals surface area contributed by atoms with E-state index in [9.17, 15) is 14.4 Å². The van der Waals surface area contributed by atoms with Gasteiger partial charge in [-0.2, -0.15) is 0 Å². The maximum atomic E-state index is 12.0. The van der Waals surface area contributed by atoms with Crippen LogP contribution in [0.1, 0.15) is 32.1 Å². The Hall–Kier alpha value is -1.59. The molecule has 6 heteroatoms. The monoisotopic (exact) mass is 254 g/mol. The first-order chi connectivity index (χ1) is 8.59. The van der Waals surface area contributed by atoms with Crippen LogP contribution < -0.4 is 10.6 Å². The standard InChI is InChI=1S/C12H18N2O4/c15-10(7-3-1-4-8(7)12(17)18)14-9-5-2-6-13-11(9)16/h7-9H,1-6H2,(H,13,16)(H,14,15)(H,17,18). The van der Waals surface area contributed by atoms with E-state index in [-0.39, 0.29) is 11.8 Å². The Balaban J connectivity index is 1.94. The van der Waals surface area contributed by atoms with E-state index < -0.39 is 23.8 Å². The van der Waals surface area contributed by atoms with Crippen molar-refractivity contribution in [1.82, 2.24) is 10.6 Å². The Morgan fingerprint density at radius 1 is 1.17 bits per heavy atom. The molecule has 1 aliphatic carbocycles. The minimum atomic E-state index is -0.916. The highest BCUT2D eigenvalue weighted by Gasteiger charge is 2.39. The molecule has 3 N–H and O–H groups in total. The van der Waals surface area contributed by atoms with Crippen molar-refractivity contribution in [3.8, 4) is 0 Å². The SMILES string of the molecule is O=C1NCCCC1NC(=O)C1CCCC1C(=O)O. The molecule has 0 aromatic carbocycles. The van der Waals surface area contributed by atoms with Crippen molar-refractivity contribution < 1.29 is 19.5 Å². The van der Waals surface area contributed by atoms with Gasteiger partial charge in [-0.1, -0.05) is 6.42 Å². The average molecular weight is 254 g/mol. The predicted molar refractivity (Wildman–Crippen MR) is 62.6 cm³/mol. The van der Waals surface area contributed by atoms with Crippen molar-refractivity contribution in [2.24, 2.45) is 11.8 Å². The van der Waals surface area contributed by atoms with Gasteiger partial charge in [0.25, 0.3) is 0 Å². The van der Waals surface area contributed by atoms with Gasteiger partial charge in [0.15, 0.2) is 0 Å². The Morgan fingerprint density at radius 2 is 1.89 bits per heavy atom. The molecule has 2 fully saturated rings. The minimum absolute atomic E-state index is 0.167. The highest BCUT2D eigenvalue weighted by Crippen LogP contribution is 2.32. The van der Waals surface area contributed by atoms with Gasteiger partial charge in [-0.25, -0.2) is 0 Å². The molecule has 0 bridgehead atoms. The molecule has 1 heterocycles. The molecule has 6 nitrogen and oxygen atoms in total. The predicted octanol–water partition coefficient (Wildman–Crippen LogP) is -0.118. The Bertz CT molecular complexity index is 369. The maximum Gasteiger partial charge on any atom is 0.307 e. The van der Waals surface area contributed by atoms with Gasteiger partial charge in [-0.15, -0.1) is 0 Å². The van der Waals surface area contributed by atoms with E-state index in [2.05, 4.69) is 10.6 Å². The van der Waals surface area contributed by atoms with Gasteiger partial charge in [0.05, 0.1) is 11.8 Å². The Morgan fingerprint density at radius 3 is 2.56 bits per heavy atom. The molecular weight excluding hydrogens is 236 g/mol. The van der Waals surface area contributed by atoms with E-state index in [0.717, 1.165) is 12.8 Å². The zero-order chi connectivity index (χ0) is 13.1. The zero-order valence-electron chi connectivity index (χ0n) is 10.1. The largest absolute Gasteiger partial charge is 0.481 e. The summed E-state index contributed by atoms with van der Waals surface area (Å²) in [4.78, 5) is 34.6. The smallest absolute Gasteiger partial charge is 0.307 e. The normalized spacial score (nSPS) is 31.8. The van der Waals surface area contributed by atoms with Gasteiger partial charge in [0, 0.05) is 6.54 Å². The van der Waals surface area contributed by atoms with Crippen LogP contribution in [0, 0.1) is 11.8 Å². The zero-order valence-corrected chi connectivity index (χ0v) is 10.1. The first-order valence-electron chi connectivity index (χ1n) is 6.40. The van der Waals surface area contributed by atoms with Crippen molar-refractivity contribution in [3.63, 3.8) is 0 Å². The van der Waals surface area contributed by atoms with Crippen molar-refractivity contribution in [3.05, 3.63) is 0 Å². The first kappa shape index (κ1) is 12.9. The fraction of sp³-hybridized carbons (Fsp3) is 0.750. The molecule has 0 aromatic rings. The van der Waals surface area contributed by atoms with Crippen molar-refractivity contribution >= 4 is 17.8 Å². The molecule has 1 saturated carbocycles. The van der Waals surface area contributed by atoms with Crippen LogP contribution in [0.5, 0.6) is 0 Å². The van der Waals surface area contributed by atoms with Gasteiger partial charge < -0.3 is 15.7 Å². The van der Waals surface area contributed by atoms with Gasteiger partial charge in [0.1, 0.15) is 6.04 Å². The lowest BCUT2D eigenvalue weighted by Gasteiger charge is -2.25. The van der Waals surface area contributed by atoms with Crippen LogP contribution in [0.25, 0.3) is 0 Å². The van der Waals surface area contributed by atoms with Gasteiger partial charge in [-0.3, -0.25) is 14.4 Å². The van der Waals surface area contributed by atoms with E-state index in [1.54, 1.807) is 0 Å². The van der Waals surface area contributed by atoms with Crippen LogP contribution >= 0.6 is 0 Å². The number of carbonyl (C=O) groups excluding carboxylic acids is 2. The third kappa shape index (κ3) is 2.63. The number of amides is 2. The van der Waals surface area contributed by atoms with Crippen LogP contribution in [0.15, 0.2) is 0 Å². The molecule has 2 aliphatic rings. The summed E-state index contributed by atoms with van der Waals surface area (Å²) in [6.45, 7) is 0.645. The van der Waals surface area contributed by atoms with Crippen LogP contribution in [0.2, 0.25) is 0 Å². The van der Waals surface area contributed by atoms with E-state index in [1.165, 1.54) is 0 Å². The van der Waals surface area contributed by atoms with E-state index in [0.29, 0.717) is 25.8 Å². The summed E-state index contributed by atoms with van der Waals surface area (Å²) in [7, 11) is 0. The molecule has 0 aromatic heterocycles. The number of hydrogen-bond donors (Lipinski definition) is 3. The highest BCUT2D eigenvalue weighted by atomic mass is 16.4. The summed E-state index contributed by atoms with van der Waals surface area (Å²) in [5.41, 5.74) is 0. The summed E-state index contributed by atoms with van der Waals surface area (Å²) in [6.07, 6.45) is 3.36. The van der Waals surface area contributed by atoms with Crippen LogP contribution in [0.4, 0.5) is 0 Å². The van der Waals surface area contributed by atoms with Crippen molar-refractivity contribution in [2.45, 2.75) is 38.1 Å². The Kier molecular flexibility index (Phi) is 3.84. The Labute approximate surface area is 105 Å². The summed E-state index contributed by atoms with van der Waals surface area (Å²) >= 11 is 0. The number of carboxylic acid groups (broad SMARTS) is 1. The molecule has 2 rings (SSSR count).